The van der Waals surface area contributed by atoms with Gasteiger partial charge in [-0.3, -0.25) is 0 Å². The van der Waals surface area contributed by atoms with Crippen LogP contribution in [-0.4, -0.2) is 86.7 Å². The molecule has 0 saturated carbocycles. The summed E-state index contributed by atoms with van der Waals surface area (Å²) < 4.78 is 82.5. The summed E-state index contributed by atoms with van der Waals surface area (Å²) in [6, 6.07) is 0. The van der Waals surface area contributed by atoms with Crippen molar-refractivity contribution in [3.8, 4) is 0 Å². The van der Waals surface area contributed by atoms with E-state index in [9.17, 15) is 34.5 Å². The second kappa shape index (κ2) is 7.18. The van der Waals surface area contributed by atoms with Gasteiger partial charge >= 0.3 is 26.8 Å². The van der Waals surface area contributed by atoms with Crippen LogP contribution >= 0.6 is 0 Å². The van der Waals surface area contributed by atoms with Gasteiger partial charge in [0, 0.05) is 0 Å². The maximum atomic E-state index is 9.75. The second-order valence-corrected chi connectivity index (χ2v) is 4.71. The molecule has 0 aliphatic carbocycles. The lowest BCUT2D eigenvalue weighted by Crippen LogP contribution is -2.44. The average molecular weight is 342 g/mol. The molecule has 22 heavy (non-hydrogen) atoms. The highest BCUT2D eigenvalue weighted by Gasteiger charge is 2.52. The molecule has 14 heteroatoms. The highest BCUT2D eigenvalue weighted by atomic mass is 19.5. The van der Waals surface area contributed by atoms with E-state index >= 15 is 0 Å². The average Bonchev–Trinajstić information content (AvgIpc) is 2.63. The first-order valence-corrected chi connectivity index (χ1v) is 5.93. The van der Waals surface area contributed by atoms with Crippen molar-refractivity contribution in [3.05, 3.63) is 0 Å². The molecule has 4 nitrogen and oxygen atoms in total. The number of halogens is 8. The Morgan fingerprint density at radius 1 is 0.727 bits per heavy atom. The number of hydrogen-bond donors (Lipinski definition) is 0. The molecule has 0 aromatic carbocycles. The molecule has 0 aromatic heterocycles. The highest BCUT2D eigenvalue weighted by molar-refractivity contribution is 6.50. The summed E-state index contributed by atoms with van der Waals surface area (Å²) in [5.41, 5.74) is 0. The quantitative estimate of drug-likeness (QED) is 0.376. The molecule has 0 aromatic rings. The Bertz CT molecular complexity index is 385. The maximum Gasteiger partial charge on any atom is 0.673 e. The summed E-state index contributed by atoms with van der Waals surface area (Å²) in [6.45, 7) is 0. The van der Waals surface area contributed by atoms with Gasteiger partial charge in [0.1, 0.15) is 0 Å². The van der Waals surface area contributed by atoms with E-state index in [1.54, 1.807) is 0 Å². The number of likely N-dealkylation sites (N-methyl/N-ethyl adjacent to an activating group) is 4. The van der Waals surface area contributed by atoms with Crippen molar-refractivity contribution in [3.63, 3.8) is 0 Å². The number of fused-ring (bicyclic) bond motifs is 1. The van der Waals surface area contributed by atoms with Crippen LogP contribution in [0.15, 0.2) is 0 Å². The van der Waals surface area contributed by atoms with Crippen molar-refractivity contribution >= 4 is 27.2 Å². The highest BCUT2D eigenvalue weighted by Crippen LogP contribution is 2.17. The third kappa shape index (κ3) is 8.08. The second-order valence-electron chi connectivity index (χ2n) is 4.71. The molecular weight excluding hydrogens is 326 g/mol. The van der Waals surface area contributed by atoms with Crippen LogP contribution in [0.4, 0.5) is 34.5 Å². The third-order valence-corrected chi connectivity index (χ3v) is 2.66. The summed E-state index contributed by atoms with van der Waals surface area (Å²) >= 11 is 0. The van der Waals surface area contributed by atoms with Gasteiger partial charge in [-0.25, -0.2) is 19.0 Å². The molecule has 0 radical (unpaired) electrons. The van der Waals surface area contributed by atoms with E-state index < -0.39 is 14.5 Å². The molecule has 0 amide bonds. The van der Waals surface area contributed by atoms with Crippen LogP contribution in [-0.2, 0) is 0 Å². The molecule has 0 saturated heterocycles. The minimum Gasteiger partial charge on any atom is -0.418 e. The van der Waals surface area contributed by atoms with Gasteiger partial charge in [0.05, 0.1) is 28.2 Å². The maximum absolute atomic E-state index is 9.75. The summed E-state index contributed by atoms with van der Waals surface area (Å²) in [7, 11) is -3.54. The van der Waals surface area contributed by atoms with Gasteiger partial charge in [-0.2, -0.15) is 0 Å². The fourth-order valence-electron chi connectivity index (χ4n) is 2.26. The molecule has 0 N–H and O–H groups in total. The Morgan fingerprint density at radius 2 is 0.955 bits per heavy atom. The predicted octanol–water partition coefficient (Wildman–Crippen LogP) is 1.47. The van der Waals surface area contributed by atoms with Gasteiger partial charge in [0.2, 0.25) is 12.7 Å². The monoisotopic (exact) mass is 342 g/mol. The van der Waals surface area contributed by atoms with E-state index in [0.717, 1.165) is 0 Å². The molecule has 0 bridgehead atoms. The fourth-order valence-corrected chi connectivity index (χ4v) is 2.26. The van der Waals surface area contributed by atoms with Crippen LogP contribution in [0.3, 0.4) is 0 Å². The molecule has 0 unspecified atom stereocenters. The van der Waals surface area contributed by atoms with Crippen molar-refractivity contribution in [2.45, 2.75) is 12.3 Å². The van der Waals surface area contributed by atoms with E-state index in [2.05, 4.69) is 59.8 Å². The van der Waals surface area contributed by atoms with Crippen molar-refractivity contribution in [2.75, 3.05) is 28.2 Å². The zero-order valence-electron chi connectivity index (χ0n) is 12.3. The van der Waals surface area contributed by atoms with Crippen molar-refractivity contribution in [2.24, 2.45) is 0 Å². The lowest BCUT2D eigenvalue weighted by molar-refractivity contribution is -0.742. The number of nitrogens with zero attached hydrogens (tertiary/aromatic N) is 4. The van der Waals surface area contributed by atoms with Crippen molar-refractivity contribution in [1.29, 1.82) is 0 Å². The molecule has 0 spiro atoms. The molecule has 2 heterocycles. The van der Waals surface area contributed by atoms with Gasteiger partial charge in [0.25, 0.3) is 0 Å². The summed E-state index contributed by atoms with van der Waals surface area (Å²) in [5.74, 6) is 0. The molecule has 0 fully saturated rings. The van der Waals surface area contributed by atoms with Gasteiger partial charge in [-0.15, -0.1) is 0 Å². The van der Waals surface area contributed by atoms with E-state index in [4.69, 9.17) is 0 Å². The lowest BCUT2D eigenvalue weighted by atomic mass is 10.3. The minimum absolute atomic E-state index is 0.472. The largest absolute Gasteiger partial charge is 0.673 e. The summed E-state index contributed by atoms with van der Waals surface area (Å²) in [4.78, 5) is 4.48. The standard InChI is InChI=1S/C8H16N4.2BF4/c1-9-5-10(2)8-7(9)11(3)6-12(8)4;2*2-1(3,4)5/h5-8H,1-4H3;;/q+2;2*-1. The van der Waals surface area contributed by atoms with E-state index in [0.29, 0.717) is 12.3 Å². The van der Waals surface area contributed by atoms with Gasteiger partial charge in [0.15, 0.2) is 0 Å². The van der Waals surface area contributed by atoms with Crippen molar-refractivity contribution in [1.82, 2.24) is 9.80 Å². The van der Waals surface area contributed by atoms with Crippen LogP contribution in [0.25, 0.3) is 0 Å². The van der Waals surface area contributed by atoms with Gasteiger partial charge in [-0.1, -0.05) is 0 Å². The molecule has 0 atom stereocenters. The van der Waals surface area contributed by atoms with Crippen LogP contribution in [0.1, 0.15) is 0 Å². The molecule has 130 valence electrons. The first-order chi connectivity index (χ1) is 9.61. The molecule has 2 rings (SSSR count). The molecule has 2 aliphatic rings. The van der Waals surface area contributed by atoms with Crippen LogP contribution in [0, 0.1) is 0 Å². The van der Waals surface area contributed by atoms with E-state index in [1.807, 2.05) is 0 Å². The zero-order chi connectivity index (χ0) is 17.9. The Labute approximate surface area is 122 Å². The smallest absolute Gasteiger partial charge is 0.418 e. The summed E-state index contributed by atoms with van der Waals surface area (Å²) in [6.07, 6.45) is 5.24. The normalized spacial score (nSPS) is 23.8. The Balaban J connectivity index is 0.000000372. The SMILES string of the molecule is CN1C=[N+](C)C2C1N(C)C=[N+]2C.F[B-](F)(F)F.F[B-](F)(F)F. The van der Waals surface area contributed by atoms with Crippen LogP contribution in [0.2, 0.25) is 0 Å². The Morgan fingerprint density at radius 3 is 1.14 bits per heavy atom. The molecule has 2 aliphatic heterocycles. The Hall–Kier alpha value is -1.49. The minimum atomic E-state index is -6.00. The van der Waals surface area contributed by atoms with E-state index in [1.165, 1.54) is 0 Å². The molecular formula is C8H16B2F8N4. The Kier molecular flexibility index (Phi) is 6.69. The van der Waals surface area contributed by atoms with Gasteiger partial charge < -0.3 is 34.5 Å². The number of rotatable bonds is 0. The summed E-state index contributed by atoms with van der Waals surface area (Å²) in [5, 5.41) is 0. The first-order valence-electron chi connectivity index (χ1n) is 5.93. The predicted molar refractivity (Wildman–Crippen MR) is 68.0 cm³/mol. The lowest BCUT2D eigenvalue weighted by Gasteiger charge is -2.13. The van der Waals surface area contributed by atoms with Crippen LogP contribution < -0.4 is 0 Å². The third-order valence-electron chi connectivity index (χ3n) is 2.66. The van der Waals surface area contributed by atoms with Gasteiger partial charge in [-0.05, 0) is 0 Å². The fraction of sp³-hybridized carbons (Fsp3) is 0.750. The van der Waals surface area contributed by atoms with E-state index in [-0.39, 0.29) is 0 Å². The zero-order valence-corrected chi connectivity index (χ0v) is 12.3. The number of hydrogen-bond acceptors (Lipinski definition) is 2. The van der Waals surface area contributed by atoms with Crippen LogP contribution in [0.5, 0.6) is 0 Å². The first kappa shape index (κ1) is 20.5. The topological polar surface area (TPSA) is 12.5 Å². The van der Waals surface area contributed by atoms with Crippen molar-refractivity contribution < 1.29 is 43.7 Å².